The van der Waals surface area contributed by atoms with Gasteiger partial charge in [-0.1, -0.05) is 61.8 Å². The van der Waals surface area contributed by atoms with Crippen molar-refractivity contribution in [1.82, 2.24) is 0 Å². The van der Waals surface area contributed by atoms with E-state index in [9.17, 15) is 4.79 Å². The molecule has 3 nitrogen and oxygen atoms in total. The maximum Gasteiger partial charge on any atom is 0.255 e. The van der Waals surface area contributed by atoms with Gasteiger partial charge in [0.1, 0.15) is 12.4 Å². The predicted molar refractivity (Wildman–Crippen MR) is 115 cm³/mol. The molecule has 0 bridgehead atoms. The molecule has 0 saturated heterocycles. The Morgan fingerprint density at radius 2 is 1.79 bits per heavy atom. The van der Waals surface area contributed by atoms with Gasteiger partial charge in [0.2, 0.25) is 0 Å². The van der Waals surface area contributed by atoms with E-state index in [4.69, 9.17) is 16.3 Å². The zero-order valence-corrected chi connectivity index (χ0v) is 16.9. The van der Waals surface area contributed by atoms with Crippen LogP contribution in [0.1, 0.15) is 47.7 Å². The molecule has 1 N–H and O–H groups in total. The second-order valence-electron chi connectivity index (χ2n) is 6.79. The number of rotatable bonds is 7. The van der Waals surface area contributed by atoms with Gasteiger partial charge >= 0.3 is 0 Å². The minimum atomic E-state index is -0.167. The van der Waals surface area contributed by atoms with Crippen LogP contribution in [-0.2, 0) is 6.61 Å². The van der Waals surface area contributed by atoms with Crippen molar-refractivity contribution in [2.24, 2.45) is 0 Å². The highest BCUT2D eigenvalue weighted by atomic mass is 35.5. The number of amides is 1. The maximum atomic E-state index is 12.6. The number of anilines is 1. The Balaban J connectivity index is 1.64. The first-order chi connectivity index (χ1) is 13.6. The van der Waals surface area contributed by atoms with Crippen molar-refractivity contribution in [3.05, 3.63) is 94.5 Å². The van der Waals surface area contributed by atoms with Gasteiger partial charge in [0, 0.05) is 21.8 Å². The smallest absolute Gasteiger partial charge is 0.255 e. The quantitative estimate of drug-likeness (QED) is 0.485. The maximum absolute atomic E-state index is 12.6. The molecule has 3 aromatic rings. The Hall–Kier alpha value is -2.78. The fourth-order valence-corrected chi connectivity index (χ4v) is 3.03. The van der Waals surface area contributed by atoms with E-state index in [1.54, 1.807) is 12.1 Å². The monoisotopic (exact) mass is 393 g/mol. The summed E-state index contributed by atoms with van der Waals surface area (Å²) in [5.74, 6) is 0.968. The summed E-state index contributed by atoms with van der Waals surface area (Å²) in [5, 5.41) is 3.60. The topological polar surface area (TPSA) is 38.3 Å². The van der Waals surface area contributed by atoms with Crippen LogP contribution in [-0.4, -0.2) is 5.91 Å². The van der Waals surface area contributed by atoms with E-state index in [2.05, 4.69) is 31.3 Å². The lowest BCUT2D eigenvalue weighted by atomic mass is 9.98. The summed E-state index contributed by atoms with van der Waals surface area (Å²) in [6.45, 7) is 4.71. The van der Waals surface area contributed by atoms with Crippen LogP contribution >= 0.6 is 11.6 Å². The molecule has 3 aromatic carbocycles. The van der Waals surface area contributed by atoms with Gasteiger partial charge < -0.3 is 10.1 Å². The molecular weight excluding hydrogens is 370 g/mol. The van der Waals surface area contributed by atoms with Crippen LogP contribution in [0, 0.1) is 0 Å². The molecule has 144 valence electrons. The first kappa shape index (κ1) is 20.0. The van der Waals surface area contributed by atoms with Crippen LogP contribution in [0.15, 0.2) is 72.8 Å². The zero-order chi connectivity index (χ0) is 19.9. The van der Waals surface area contributed by atoms with Gasteiger partial charge in [-0.2, -0.15) is 0 Å². The molecule has 0 spiro atoms. The Labute approximate surface area is 171 Å². The number of halogens is 1. The Morgan fingerprint density at radius 3 is 2.50 bits per heavy atom. The van der Waals surface area contributed by atoms with Crippen LogP contribution < -0.4 is 10.1 Å². The standard InChI is InChI=1S/C24H24ClNO2/c1-3-17(2)18-11-13-21(14-12-18)26-24(27)19-8-6-9-22(15-19)28-16-20-7-4-5-10-23(20)25/h4-15,17H,3,16H2,1-2H3,(H,26,27). The fourth-order valence-electron chi connectivity index (χ4n) is 2.84. The number of hydrogen-bond donors (Lipinski definition) is 1. The lowest BCUT2D eigenvalue weighted by molar-refractivity contribution is 0.102. The van der Waals surface area contributed by atoms with Crippen molar-refractivity contribution in [3.63, 3.8) is 0 Å². The third-order valence-corrected chi connectivity index (χ3v) is 5.17. The Kier molecular flexibility index (Phi) is 6.72. The number of ether oxygens (including phenoxy) is 1. The van der Waals surface area contributed by atoms with Crippen LogP contribution in [0.5, 0.6) is 5.75 Å². The van der Waals surface area contributed by atoms with E-state index in [1.807, 2.05) is 48.5 Å². The molecule has 0 aliphatic heterocycles. The van der Waals surface area contributed by atoms with Gasteiger partial charge in [-0.15, -0.1) is 0 Å². The lowest BCUT2D eigenvalue weighted by Crippen LogP contribution is -2.12. The highest BCUT2D eigenvalue weighted by Crippen LogP contribution is 2.22. The largest absolute Gasteiger partial charge is 0.489 e. The highest BCUT2D eigenvalue weighted by molar-refractivity contribution is 6.31. The van der Waals surface area contributed by atoms with E-state index in [1.165, 1.54) is 5.56 Å². The van der Waals surface area contributed by atoms with E-state index >= 15 is 0 Å². The summed E-state index contributed by atoms with van der Waals surface area (Å²) in [6, 6.07) is 22.7. The fraction of sp³-hybridized carbons (Fsp3) is 0.208. The van der Waals surface area contributed by atoms with Crippen molar-refractivity contribution in [1.29, 1.82) is 0 Å². The summed E-state index contributed by atoms with van der Waals surface area (Å²) in [4.78, 5) is 12.6. The van der Waals surface area contributed by atoms with E-state index in [0.29, 0.717) is 28.9 Å². The minimum Gasteiger partial charge on any atom is -0.489 e. The van der Waals surface area contributed by atoms with Crippen molar-refractivity contribution in [2.75, 3.05) is 5.32 Å². The SMILES string of the molecule is CCC(C)c1ccc(NC(=O)c2cccc(OCc3ccccc3Cl)c2)cc1. The molecule has 0 saturated carbocycles. The van der Waals surface area contributed by atoms with Crippen LogP contribution in [0.4, 0.5) is 5.69 Å². The molecule has 0 fully saturated rings. The molecule has 1 atom stereocenters. The number of carbonyl (C=O) groups excluding carboxylic acids is 1. The average molecular weight is 394 g/mol. The van der Waals surface area contributed by atoms with Crippen LogP contribution in [0.2, 0.25) is 5.02 Å². The molecule has 0 aliphatic rings. The normalized spacial score (nSPS) is 11.7. The Bertz CT molecular complexity index is 937. The van der Waals surface area contributed by atoms with E-state index in [-0.39, 0.29) is 5.91 Å². The van der Waals surface area contributed by atoms with Gasteiger partial charge in [-0.05, 0) is 54.3 Å². The molecule has 1 unspecified atom stereocenters. The second kappa shape index (κ2) is 9.43. The first-order valence-corrected chi connectivity index (χ1v) is 9.82. The van der Waals surface area contributed by atoms with Gasteiger partial charge in [-0.25, -0.2) is 0 Å². The molecule has 0 heterocycles. The molecule has 0 radical (unpaired) electrons. The molecule has 1 amide bonds. The van der Waals surface area contributed by atoms with Crippen molar-refractivity contribution >= 4 is 23.2 Å². The summed E-state index contributed by atoms with van der Waals surface area (Å²) in [5.41, 5.74) is 3.50. The molecule has 0 aromatic heterocycles. The van der Waals surface area contributed by atoms with Crippen LogP contribution in [0.25, 0.3) is 0 Å². The first-order valence-electron chi connectivity index (χ1n) is 9.44. The van der Waals surface area contributed by atoms with Crippen molar-refractivity contribution in [2.45, 2.75) is 32.8 Å². The van der Waals surface area contributed by atoms with E-state index in [0.717, 1.165) is 17.7 Å². The lowest BCUT2D eigenvalue weighted by Gasteiger charge is -2.11. The zero-order valence-electron chi connectivity index (χ0n) is 16.1. The summed E-state index contributed by atoms with van der Waals surface area (Å²) >= 11 is 6.16. The van der Waals surface area contributed by atoms with Crippen LogP contribution in [0.3, 0.4) is 0 Å². The summed E-state index contributed by atoms with van der Waals surface area (Å²) in [6.07, 6.45) is 1.09. The van der Waals surface area contributed by atoms with Crippen molar-refractivity contribution < 1.29 is 9.53 Å². The molecule has 0 aliphatic carbocycles. The molecular formula is C24H24ClNO2. The number of benzene rings is 3. The minimum absolute atomic E-state index is 0.167. The molecule has 3 rings (SSSR count). The average Bonchev–Trinajstić information content (AvgIpc) is 2.73. The van der Waals surface area contributed by atoms with E-state index < -0.39 is 0 Å². The third-order valence-electron chi connectivity index (χ3n) is 4.80. The van der Waals surface area contributed by atoms with Gasteiger partial charge in [-0.3, -0.25) is 4.79 Å². The number of nitrogens with one attached hydrogen (secondary N) is 1. The Morgan fingerprint density at radius 1 is 1.04 bits per heavy atom. The summed E-state index contributed by atoms with van der Waals surface area (Å²) in [7, 11) is 0. The number of carbonyl (C=O) groups is 1. The van der Waals surface area contributed by atoms with Gasteiger partial charge in [0.15, 0.2) is 0 Å². The summed E-state index contributed by atoms with van der Waals surface area (Å²) < 4.78 is 5.80. The molecule has 4 heteroatoms. The third kappa shape index (κ3) is 5.14. The predicted octanol–water partition coefficient (Wildman–Crippen LogP) is 6.68. The highest BCUT2D eigenvalue weighted by Gasteiger charge is 2.09. The van der Waals surface area contributed by atoms with Crippen molar-refractivity contribution in [3.8, 4) is 5.75 Å². The van der Waals surface area contributed by atoms with Gasteiger partial charge in [0.05, 0.1) is 0 Å². The molecule has 28 heavy (non-hydrogen) atoms. The number of hydrogen-bond acceptors (Lipinski definition) is 2. The van der Waals surface area contributed by atoms with Gasteiger partial charge in [0.25, 0.3) is 5.91 Å². The second-order valence-corrected chi connectivity index (χ2v) is 7.20.